The summed E-state index contributed by atoms with van der Waals surface area (Å²) >= 11 is 0. The van der Waals surface area contributed by atoms with Crippen LogP contribution in [0.15, 0.2) is 0 Å². The fraction of sp³-hybridized carbons (Fsp3) is 0. The van der Waals surface area contributed by atoms with Gasteiger partial charge in [-0.2, -0.15) is 0 Å². The van der Waals surface area contributed by atoms with Crippen LogP contribution in [-0.4, -0.2) is 16.0 Å². The van der Waals surface area contributed by atoms with E-state index in [1.54, 1.807) is 0 Å². The molecule has 6 heavy (non-hydrogen) atoms. The first kappa shape index (κ1) is 5.45. The number of carbonyl (C=O) groups excluding carboxylic acids is 1. The molecule has 0 saturated heterocycles. The van der Waals surface area contributed by atoms with Crippen LogP contribution >= 0.6 is 0 Å². The molecule has 0 aliphatic rings. The maximum atomic E-state index is 9.55. The van der Waals surface area contributed by atoms with Crippen LogP contribution in [0, 0.1) is 0 Å². The molecule has 0 aromatic heterocycles. The van der Waals surface area contributed by atoms with Crippen LogP contribution in [-0.2, 0) is 4.80 Å². The molecule has 4 nitrogen and oxygen atoms in total. The third-order valence-corrected chi connectivity index (χ3v) is 0.739. The molecule has 0 unspecified atom stereocenters. The highest BCUT2D eigenvalue weighted by atomic mass is 28.2. The lowest BCUT2D eigenvalue weighted by Crippen LogP contribution is -2.31. The molecular weight excluding hydrogens is 100 g/mol. The van der Waals surface area contributed by atoms with Crippen LogP contribution in [0.2, 0.25) is 0 Å². The van der Waals surface area contributed by atoms with E-state index in [0.717, 1.165) is 0 Å². The largest absolute Gasteiger partial charge is 0.352 e. The summed E-state index contributed by atoms with van der Waals surface area (Å²) in [6, 6.07) is -0.711. The maximum Gasteiger partial charge on any atom is 0.309 e. The van der Waals surface area contributed by atoms with Gasteiger partial charge in [0.15, 0.2) is 0 Å². The fourth-order valence-electron chi connectivity index (χ4n) is 0.0711. The monoisotopic (exact) mass is 105 g/mol. The second-order valence-corrected chi connectivity index (χ2v) is 1.33. The quantitative estimate of drug-likeness (QED) is 0.375. The molecule has 0 rings (SSSR count). The average molecular weight is 105 g/mol. The Bertz CT molecular complexity index is 55.5. The Labute approximate surface area is 37.4 Å². The molecule has 2 amide bonds. The number of carbonyl (C=O) groups is 1. The van der Waals surface area contributed by atoms with Crippen molar-refractivity contribution < 1.29 is 9.59 Å². The van der Waals surface area contributed by atoms with Crippen molar-refractivity contribution in [3.05, 3.63) is 0 Å². The summed E-state index contributed by atoms with van der Waals surface area (Å²) in [6.07, 6.45) is 0. The van der Waals surface area contributed by atoms with Crippen molar-refractivity contribution in [2.24, 2.45) is 5.73 Å². The topological polar surface area (TPSA) is 75.0 Å². The lowest BCUT2D eigenvalue weighted by molar-refractivity contribution is 0.252. The van der Waals surface area contributed by atoms with Crippen molar-refractivity contribution in [2.45, 2.75) is 0 Å². The van der Waals surface area contributed by atoms with Gasteiger partial charge in [-0.25, -0.2) is 4.79 Å². The molecule has 0 atom stereocenters. The first-order valence-corrected chi connectivity index (χ1v) is 2.67. The van der Waals surface area contributed by atoms with Crippen molar-refractivity contribution in [1.82, 2.24) is 4.98 Å². The van der Waals surface area contributed by atoms with Crippen LogP contribution in [0.1, 0.15) is 0 Å². The zero-order valence-corrected chi connectivity index (χ0v) is 4.52. The Kier molecular flexibility index (Phi) is 2.43. The van der Waals surface area contributed by atoms with E-state index in [1.807, 2.05) is 4.98 Å². The average Bonchev–Trinajstić information content (AvgIpc) is 1.35. The molecule has 3 N–H and O–H groups in total. The predicted octanol–water partition coefficient (Wildman–Crippen LogP) is -1.92. The van der Waals surface area contributed by atoms with Crippen LogP contribution in [0.4, 0.5) is 4.79 Å². The molecule has 0 bridgehead atoms. The van der Waals surface area contributed by atoms with Crippen molar-refractivity contribution in [2.75, 3.05) is 0 Å². The van der Waals surface area contributed by atoms with Gasteiger partial charge in [0.25, 0.3) is 0 Å². The molecule has 0 spiro atoms. The molecule has 5 heteroatoms. The van der Waals surface area contributed by atoms with E-state index in [1.165, 1.54) is 0 Å². The molecule has 0 aliphatic carbocycles. The standard InChI is InChI=1S/CH5N2O2Si/c2-1(4)3-6-5/h6H2,(H3,2,3,4). The van der Waals surface area contributed by atoms with Gasteiger partial charge >= 0.3 is 16.0 Å². The number of nitrogens with one attached hydrogen (secondary N) is 1. The molecule has 0 aromatic rings. The van der Waals surface area contributed by atoms with E-state index in [4.69, 9.17) is 0 Å². The number of hydrogen-bond donors (Lipinski definition) is 2. The Hall–Kier alpha value is -0.553. The van der Waals surface area contributed by atoms with Gasteiger partial charge in [-0.05, 0) is 0 Å². The van der Waals surface area contributed by atoms with Crippen LogP contribution < -0.4 is 10.7 Å². The third kappa shape index (κ3) is 3.45. The van der Waals surface area contributed by atoms with E-state index in [2.05, 4.69) is 5.73 Å². The predicted molar refractivity (Wildman–Crippen MR) is 21.9 cm³/mol. The summed E-state index contributed by atoms with van der Waals surface area (Å²) in [5.74, 6) is 0. The Morgan fingerprint density at radius 3 is 2.33 bits per heavy atom. The Morgan fingerprint density at radius 2 is 2.33 bits per heavy atom. The van der Waals surface area contributed by atoms with Crippen LogP contribution in [0.3, 0.4) is 0 Å². The van der Waals surface area contributed by atoms with Gasteiger partial charge in [-0.15, -0.1) is 0 Å². The van der Waals surface area contributed by atoms with Gasteiger partial charge in [-0.3, -0.25) is 4.80 Å². The number of nitrogens with two attached hydrogens (primary N) is 1. The zero-order valence-electron chi connectivity index (χ0n) is 3.10. The van der Waals surface area contributed by atoms with E-state index in [0.29, 0.717) is 0 Å². The van der Waals surface area contributed by atoms with Crippen LogP contribution in [0.5, 0.6) is 0 Å². The SMILES string of the molecule is NC(=O)N[SiH2][O]. The van der Waals surface area contributed by atoms with Gasteiger partial charge < -0.3 is 10.7 Å². The second kappa shape index (κ2) is 2.67. The van der Waals surface area contributed by atoms with Gasteiger partial charge in [0.2, 0.25) is 0 Å². The summed E-state index contributed by atoms with van der Waals surface area (Å²) in [5.41, 5.74) is 4.49. The van der Waals surface area contributed by atoms with Crippen LogP contribution in [0.25, 0.3) is 0 Å². The molecule has 1 radical (unpaired) electrons. The molecule has 35 valence electrons. The molecule has 0 fully saturated rings. The summed E-state index contributed by atoms with van der Waals surface area (Å²) < 4.78 is 0. The maximum absolute atomic E-state index is 9.55. The first-order valence-electron chi connectivity index (χ1n) is 1.39. The summed E-state index contributed by atoms with van der Waals surface area (Å²) in [6.45, 7) is 0. The second-order valence-electron chi connectivity index (χ2n) is 0.685. The lowest BCUT2D eigenvalue weighted by Gasteiger charge is -1.85. The molecule has 0 aliphatic heterocycles. The minimum Gasteiger partial charge on any atom is -0.352 e. The normalized spacial score (nSPS) is 9.50. The fourth-order valence-corrected chi connectivity index (χ4v) is 0.213. The molecule has 0 saturated carbocycles. The number of hydrogen-bond acceptors (Lipinski definition) is 1. The van der Waals surface area contributed by atoms with Gasteiger partial charge in [-0.1, -0.05) is 0 Å². The molecule has 0 heterocycles. The van der Waals surface area contributed by atoms with Crippen molar-refractivity contribution >= 4 is 16.0 Å². The highest BCUT2D eigenvalue weighted by molar-refractivity contribution is 6.27. The minimum atomic E-state index is -1.61. The Balaban J connectivity index is 2.83. The van der Waals surface area contributed by atoms with Crippen molar-refractivity contribution in [1.29, 1.82) is 0 Å². The summed E-state index contributed by atoms with van der Waals surface area (Å²) in [4.78, 5) is 20.9. The number of primary amides is 1. The van der Waals surface area contributed by atoms with Crippen molar-refractivity contribution in [3.63, 3.8) is 0 Å². The number of amides is 2. The van der Waals surface area contributed by atoms with Crippen molar-refractivity contribution in [3.8, 4) is 0 Å². The highest BCUT2D eigenvalue weighted by Gasteiger charge is 1.83. The van der Waals surface area contributed by atoms with E-state index in [-0.39, 0.29) is 0 Å². The first-order chi connectivity index (χ1) is 2.77. The van der Waals surface area contributed by atoms with Gasteiger partial charge in [0.1, 0.15) is 0 Å². The lowest BCUT2D eigenvalue weighted by atomic mass is 11.2. The summed E-state index contributed by atoms with van der Waals surface area (Å²) in [7, 11) is -1.61. The van der Waals surface area contributed by atoms with Gasteiger partial charge in [0, 0.05) is 0 Å². The molecule has 0 aromatic carbocycles. The van der Waals surface area contributed by atoms with Gasteiger partial charge in [0.05, 0.1) is 0 Å². The van der Waals surface area contributed by atoms with E-state index >= 15 is 0 Å². The molecular formula is CH5N2O2Si. The van der Waals surface area contributed by atoms with E-state index < -0.39 is 16.0 Å². The number of urea groups is 1. The smallest absolute Gasteiger partial charge is 0.309 e. The highest BCUT2D eigenvalue weighted by Crippen LogP contribution is 1.44. The third-order valence-electron chi connectivity index (χ3n) is 0.246. The van der Waals surface area contributed by atoms with E-state index in [9.17, 15) is 9.59 Å². The minimum absolute atomic E-state index is 0.711. The zero-order chi connectivity index (χ0) is 4.99. The summed E-state index contributed by atoms with van der Waals surface area (Å²) in [5, 5.41) is 0. The number of rotatable bonds is 1. The Morgan fingerprint density at radius 1 is 1.83 bits per heavy atom.